The molecule has 1 amide bonds. The van der Waals surface area contributed by atoms with Crippen LogP contribution < -0.4 is 10.4 Å². The van der Waals surface area contributed by atoms with Crippen molar-refractivity contribution < 1.29 is 19.8 Å². The molecule has 0 heterocycles. The molecule has 0 unspecified atom stereocenters. The van der Waals surface area contributed by atoms with Crippen LogP contribution in [0.4, 0.5) is 17.1 Å². The average Bonchev–Trinajstić information content (AvgIpc) is 2.46. The van der Waals surface area contributed by atoms with Crippen molar-refractivity contribution >= 4 is 23.0 Å². The third kappa shape index (κ3) is 3.23. The Hall–Kier alpha value is -2.75. The van der Waals surface area contributed by atoms with Crippen LogP contribution in [0.3, 0.4) is 0 Å². The highest BCUT2D eigenvalue weighted by Gasteiger charge is 2.31. The molecule has 0 aliphatic heterocycles. The summed E-state index contributed by atoms with van der Waals surface area (Å²) >= 11 is 0. The van der Waals surface area contributed by atoms with Crippen molar-refractivity contribution in [1.29, 1.82) is 0 Å². The minimum atomic E-state index is -1.06. The summed E-state index contributed by atoms with van der Waals surface area (Å²) in [5.74, 6) is -1.06. The van der Waals surface area contributed by atoms with Crippen molar-refractivity contribution in [2.24, 2.45) is 0 Å². The summed E-state index contributed by atoms with van der Waals surface area (Å²) < 4.78 is 0. The molecule has 21 heavy (non-hydrogen) atoms. The van der Waals surface area contributed by atoms with Gasteiger partial charge in [-0.1, -0.05) is 0 Å². The zero-order valence-electron chi connectivity index (χ0n) is 11.4. The van der Waals surface area contributed by atoms with Gasteiger partial charge in [0.25, 0.3) is 17.3 Å². The van der Waals surface area contributed by atoms with Crippen LogP contribution in [0.1, 0.15) is 24.2 Å². The predicted molar refractivity (Wildman–Crippen MR) is 72.6 cm³/mol. The third-order valence-electron chi connectivity index (χ3n) is 2.91. The van der Waals surface area contributed by atoms with Gasteiger partial charge in [-0.3, -0.25) is 30.2 Å². The fraction of sp³-hybridized carbons (Fsp3) is 0.364. The van der Waals surface area contributed by atoms with Gasteiger partial charge >= 0.3 is 0 Å². The van der Waals surface area contributed by atoms with Gasteiger partial charge in [-0.2, -0.15) is 0 Å². The molecule has 0 radical (unpaired) electrons. The Morgan fingerprint density at radius 1 is 1.19 bits per heavy atom. The molecule has 1 aromatic carbocycles. The number of anilines is 1. The highest BCUT2D eigenvalue weighted by Crippen LogP contribution is 2.38. The molecule has 2 N–H and O–H groups in total. The molecular weight excluding hydrogens is 284 g/mol. The molecule has 114 valence electrons. The van der Waals surface area contributed by atoms with E-state index in [9.17, 15) is 25.0 Å². The number of carbonyl (C=O) groups is 1. The molecule has 10 nitrogen and oxygen atoms in total. The molecule has 0 aliphatic carbocycles. The lowest BCUT2D eigenvalue weighted by atomic mass is 10.1. The van der Waals surface area contributed by atoms with Gasteiger partial charge in [0.2, 0.25) is 0 Å². The van der Waals surface area contributed by atoms with E-state index in [4.69, 9.17) is 5.21 Å². The summed E-state index contributed by atoms with van der Waals surface area (Å²) in [5, 5.41) is 30.9. The number of nitrogens with one attached hydrogen (secondary N) is 1. The number of nitro benzene ring substituents is 2. The quantitative estimate of drug-likeness (QED) is 0.460. The molecule has 0 spiro atoms. The third-order valence-corrected chi connectivity index (χ3v) is 2.91. The topological polar surface area (TPSA) is 139 Å². The Morgan fingerprint density at radius 2 is 1.62 bits per heavy atom. The van der Waals surface area contributed by atoms with Gasteiger partial charge in [-0.15, -0.1) is 0 Å². The first-order chi connectivity index (χ1) is 9.87. The number of hydrogen-bond acceptors (Lipinski definition) is 7. The number of hydroxylamine groups is 1. The van der Waals surface area contributed by atoms with E-state index in [1.54, 1.807) is 13.8 Å². The Kier molecular flexibility index (Phi) is 5.13. The summed E-state index contributed by atoms with van der Waals surface area (Å²) in [4.78, 5) is 33.5. The van der Waals surface area contributed by atoms with Crippen molar-refractivity contribution in [2.75, 3.05) is 18.0 Å². The number of nitrogens with zero attached hydrogens (tertiary/aromatic N) is 3. The van der Waals surface area contributed by atoms with E-state index in [2.05, 4.69) is 0 Å². The molecule has 0 aromatic heterocycles. The number of rotatable bonds is 6. The fourth-order valence-electron chi connectivity index (χ4n) is 1.94. The highest BCUT2D eigenvalue weighted by molar-refractivity contribution is 5.97. The van der Waals surface area contributed by atoms with Crippen molar-refractivity contribution in [3.63, 3.8) is 0 Å². The first-order valence-electron chi connectivity index (χ1n) is 6.03. The zero-order chi connectivity index (χ0) is 16.2. The van der Waals surface area contributed by atoms with Crippen LogP contribution in [-0.2, 0) is 0 Å². The van der Waals surface area contributed by atoms with E-state index in [-0.39, 0.29) is 11.3 Å². The van der Waals surface area contributed by atoms with Gasteiger partial charge in [0.15, 0.2) is 5.69 Å². The number of carbonyl (C=O) groups excluding carboxylic acids is 1. The molecule has 0 saturated heterocycles. The minimum Gasteiger partial charge on any atom is -0.361 e. The lowest BCUT2D eigenvalue weighted by Crippen LogP contribution is -2.25. The SMILES string of the molecule is CCN(CC)c1c([N+](=O)[O-])cc(C(=O)NO)cc1[N+](=O)[O-]. The fourth-order valence-corrected chi connectivity index (χ4v) is 1.94. The first kappa shape index (κ1) is 16.3. The summed E-state index contributed by atoms with van der Waals surface area (Å²) in [6.45, 7) is 4.05. The minimum absolute atomic E-state index is 0.163. The second kappa shape index (κ2) is 6.61. The number of amides is 1. The Morgan fingerprint density at radius 3 is 1.90 bits per heavy atom. The van der Waals surface area contributed by atoms with E-state index in [1.807, 2.05) is 0 Å². The van der Waals surface area contributed by atoms with E-state index >= 15 is 0 Å². The summed E-state index contributed by atoms with van der Waals surface area (Å²) in [7, 11) is 0. The largest absolute Gasteiger partial charge is 0.361 e. The Bertz CT molecular complexity index is 549. The average molecular weight is 298 g/mol. The van der Waals surface area contributed by atoms with Gasteiger partial charge in [-0.05, 0) is 13.8 Å². The maximum atomic E-state index is 11.4. The molecular formula is C11H14N4O6. The number of hydrogen-bond donors (Lipinski definition) is 2. The molecule has 0 fully saturated rings. The van der Waals surface area contributed by atoms with Crippen LogP contribution in [0.5, 0.6) is 0 Å². The van der Waals surface area contributed by atoms with E-state index < -0.39 is 27.1 Å². The maximum Gasteiger partial charge on any atom is 0.300 e. The van der Waals surface area contributed by atoms with E-state index in [1.165, 1.54) is 10.4 Å². The van der Waals surface area contributed by atoms with Gasteiger partial charge in [-0.25, -0.2) is 5.48 Å². The van der Waals surface area contributed by atoms with E-state index in [0.717, 1.165) is 12.1 Å². The first-order valence-corrected chi connectivity index (χ1v) is 6.03. The standard InChI is InChI=1S/C11H14N4O6/c1-3-13(4-2)10-8(14(18)19)5-7(11(16)12-17)6-9(10)15(20)21/h5-6,17H,3-4H2,1-2H3,(H,12,16). The molecule has 1 aromatic rings. The summed E-state index contributed by atoms with van der Waals surface area (Å²) in [5.41, 5.74) is -0.366. The van der Waals surface area contributed by atoms with Crippen LogP contribution >= 0.6 is 0 Å². The van der Waals surface area contributed by atoms with Crippen molar-refractivity contribution in [1.82, 2.24) is 5.48 Å². The van der Waals surface area contributed by atoms with Crippen LogP contribution in [0.15, 0.2) is 12.1 Å². The van der Waals surface area contributed by atoms with Crippen molar-refractivity contribution in [3.8, 4) is 0 Å². The normalized spacial score (nSPS) is 10.0. The van der Waals surface area contributed by atoms with Crippen molar-refractivity contribution in [3.05, 3.63) is 37.9 Å². The number of nitro groups is 2. The monoisotopic (exact) mass is 298 g/mol. The van der Waals surface area contributed by atoms with Crippen LogP contribution in [0.2, 0.25) is 0 Å². The van der Waals surface area contributed by atoms with Crippen LogP contribution in [0, 0.1) is 20.2 Å². The van der Waals surface area contributed by atoms with Gasteiger partial charge < -0.3 is 4.90 Å². The maximum absolute atomic E-state index is 11.4. The van der Waals surface area contributed by atoms with Gasteiger partial charge in [0, 0.05) is 25.2 Å². The van der Waals surface area contributed by atoms with Crippen LogP contribution in [-0.4, -0.2) is 34.1 Å². The lowest BCUT2D eigenvalue weighted by molar-refractivity contribution is -0.392. The lowest BCUT2D eigenvalue weighted by Gasteiger charge is -2.20. The summed E-state index contributed by atoms with van der Waals surface area (Å²) in [6, 6.07) is 1.79. The molecule has 10 heteroatoms. The molecule has 0 saturated carbocycles. The zero-order valence-corrected chi connectivity index (χ0v) is 11.4. The number of benzene rings is 1. The Labute approximate surface area is 119 Å². The molecule has 1 rings (SSSR count). The van der Waals surface area contributed by atoms with Gasteiger partial charge in [0.1, 0.15) is 0 Å². The molecule has 0 atom stereocenters. The van der Waals surface area contributed by atoms with E-state index in [0.29, 0.717) is 13.1 Å². The predicted octanol–water partition coefficient (Wildman–Crippen LogP) is 1.47. The smallest absolute Gasteiger partial charge is 0.300 e. The van der Waals surface area contributed by atoms with Crippen LogP contribution in [0.25, 0.3) is 0 Å². The van der Waals surface area contributed by atoms with Crippen molar-refractivity contribution in [2.45, 2.75) is 13.8 Å². The van der Waals surface area contributed by atoms with Gasteiger partial charge in [0.05, 0.1) is 15.4 Å². The Balaban J connectivity index is 3.70. The highest BCUT2D eigenvalue weighted by atomic mass is 16.6. The summed E-state index contributed by atoms with van der Waals surface area (Å²) in [6.07, 6.45) is 0. The second-order valence-corrected chi connectivity index (χ2v) is 3.99. The molecule has 0 aliphatic rings. The second-order valence-electron chi connectivity index (χ2n) is 3.99. The molecule has 0 bridgehead atoms.